The number of hydrogen-bond donors (Lipinski definition) is 2. The van der Waals surface area contributed by atoms with Crippen LogP contribution in [0, 0.1) is 17.0 Å². The summed E-state index contributed by atoms with van der Waals surface area (Å²) < 4.78 is 10.9. The van der Waals surface area contributed by atoms with E-state index in [4.69, 9.17) is 20.3 Å². The van der Waals surface area contributed by atoms with E-state index in [-0.39, 0.29) is 24.5 Å². The van der Waals surface area contributed by atoms with Gasteiger partial charge in [0.05, 0.1) is 12.0 Å². The molecule has 0 fully saturated rings. The van der Waals surface area contributed by atoms with Gasteiger partial charge in [-0.05, 0) is 42.7 Å². The van der Waals surface area contributed by atoms with Crippen LogP contribution in [0.4, 0.5) is 5.69 Å². The molecule has 0 aliphatic carbocycles. The molecule has 2 aromatic carbocycles. The molecule has 1 unspecified atom stereocenters. The van der Waals surface area contributed by atoms with Gasteiger partial charge in [0.25, 0.3) is 0 Å². The SMILES string of the molecule is COc1ccc(CC(N)C(=O)O)cc1COc1ccc(C)cc1[N+](=O)[O-]. The highest BCUT2D eigenvalue weighted by molar-refractivity contribution is 5.73. The van der Waals surface area contributed by atoms with Crippen LogP contribution in [0.2, 0.25) is 0 Å². The van der Waals surface area contributed by atoms with Crippen LogP contribution in [0.15, 0.2) is 36.4 Å². The molecule has 0 amide bonds. The Bertz CT molecular complexity index is 821. The number of carboxylic acid groups (broad SMARTS) is 1. The molecule has 1 atom stereocenters. The first kappa shape index (κ1) is 19.2. The van der Waals surface area contributed by atoms with Crippen LogP contribution in [-0.4, -0.2) is 29.2 Å². The third-order valence-electron chi connectivity index (χ3n) is 3.81. The number of carbonyl (C=O) groups is 1. The summed E-state index contributed by atoms with van der Waals surface area (Å²) in [6.45, 7) is 1.79. The second-order valence-electron chi connectivity index (χ2n) is 5.81. The minimum absolute atomic E-state index is 0.0310. The molecule has 8 nitrogen and oxygen atoms in total. The largest absolute Gasteiger partial charge is 0.496 e. The van der Waals surface area contributed by atoms with E-state index >= 15 is 0 Å². The van der Waals surface area contributed by atoms with E-state index < -0.39 is 16.9 Å². The van der Waals surface area contributed by atoms with Gasteiger partial charge in [0, 0.05) is 11.6 Å². The molecule has 0 radical (unpaired) electrons. The van der Waals surface area contributed by atoms with Gasteiger partial charge in [-0.2, -0.15) is 0 Å². The van der Waals surface area contributed by atoms with E-state index in [1.807, 2.05) is 0 Å². The van der Waals surface area contributed by atoms with Crippen molar-refractivity contribution in [3.63, 3.8) is 0 Å². The number of nitrogens with zero attached hydrogens (tertiary/aromatic N) is 1. The van der Waals surface area contributed by atoms with Gasteiger partial charge in [-0.1, -0.05) is 12.1 Å². The van der Waals surface area contributed by atoms with Gasteiger partial charge in [-0.25, -0.2) is 0 Å². The minimum atomic E-state index is -1.09. The lowest BCUT2D eigenvalue weighted by molar-refractivity contribution is -0.386. The zero-order valence-electron chi connectivity index (χ0n) is 14.5. The van der Waals surface area contributed by atoms with Crippen molar-refractivity contribution in [2.45, 2.75) is 26.0 Å². The van der Waals surface area contributed by atoms with Gasteiger partial charge in [0.1, 0.15) is 18.4 Å². The lowest BCUT2D eigenvalue weighted by Gasteiger charge is -2.13. The number of carboxylic acids is 1. The van der Waals surface area contributed by atoms with Crippen molar-refractivity contribution < 1.29 is 24.3 Å². The Balaban J connectivity index is 2.23. The lowest BCUT2D eigenvalue weighted by atomic mass is 10.0. The molecular formula is C18H20N2O6. The molecule has 0 spiro atoms. The fraction of sp³-hybridized carbons (Fsp3) is 0.278. The number of nitro benzene ring substituents is 1. The van der Waals surface area contributed by atoms with Crippen LogP contribution in [0.25, 0.3) is 0 Å². The zero-order chi connectivity index (χ0) is 19.3. The maximum atomic E-state index is 11.2. The summed E-state index contributed by atoms with van der Waals surface area (Å²) in [5.74, 6) is -0.406. The fourth-order valence-corrected chi connectivity index (χ4v) is 2.46. The maximum absolute atomic E-state index is 11.2. The van der Waals surface area contributed by atoms with Crippen molar-refractivity contribution >= 4 is 11.7 Å². The van der Waals surface area contributed by atoms with Crippen molar-refractivity contribution in [2.75, 3.05) is 7.11 Å². The summed E-state index contributed by atoms with van der Waals surface area (Å²) in [6.07, 6.45) is 0.150. The third-order valence-corrected chi connectivity index (χ3v) is 3.81. The van der Waals surface area contributed by atoms with Crippen LogP contribution in [-0.2, 0) is 17.8 Å². The Labute approximate surface area is 150 Å². The minimum Gasteiger partial charge on any atom is -0.496 e. The van der Waals surface area contributed by atoms with Crippen molar-refractivity contribution in [3.05, 3.63) is 63.2 Å². The van der Waals surface area contributed by atoms with Crippen molar-refractivity contribution in [1.82, 2.24) is 0 Å². The van der Waals surface area contributed by atoms with Gasteiger partial charge in [0.2, 0.25) is 0 Å². The number of rotatable bonds is 8. The van der Waals surface area contributed by atoms with Gasteiger partial charge in [-0.3, -0.25) is 14.9 Å². The first-order chi connectivity index (χ1) is 12.3. The molecule has 8 heteroatoms. The molecule has 0 heterocycles. The quantitative estimate of drug-likeness (QED) is 0.547. The Hall–Kier alpha value is -3.13. The Kier molecular flexibility index (Phi) is 6.13. The van der Waals surface area contributed by atoms with Crippen LogP contribution in [0.5, 0.6) is 11.5 Å². The van der Waals surface area contributed by atoms with Crippen molar-refractivity contribution in [3.8, 4) is 11.5 Å². The third kappa shape index (κ3) is 4.70. The van der Waals surface area contributed by atoms with E-state index in [0.717, 1.165) is 5.56 Å². The second-order valence-corrected chi connectivity index (χ2v) is 5.81. The van der Waals surface area contributed by atoms with Crippen molar-refractivity contribution in [2.24, 2.45) is 5.73 Å². The number of hydrogen-bond acceptors (Lipinski definition) is 6. The zero-order valence-corrected chi connectivity index (χ0v) is 14.5. The van der Waals surface area contributed by atoms with E-state index in [1.54, 1.807) is 37.3 Å². The molecule has 138 valence electrons. The van der Waals surface area contributed by atoms with Gasteiger partial charge in [0.15, 0.2) is 5.75 Å². The number of methoxy groups -OCH3 is 1. The molecule has 0 bridgehead atoms. The highest BCUT2D eigenvalue weighted by atomic mass is 16.6. The number of aliphatic carboxylic acids is 1. The first-order valence-corrected chi connectivity index (χ1v) is 7.84. The molecule has 0 saturated carbocycles. The Morgan fingerprint density at radius 1 is 1.27 bits per heavy atom. The summed E-state index contributed by atoms with van der Waals surface area (Å²) in [6, 6.07) is 8.82. The molecule has 26 heavy (non-hydrogen) atoms. The van der Waals surface area contributed by atoms with E-state index in [1.165, 1.54) is 13.2 Å². The summed E-state index contributed by atoms with van der Waals surface area (Å²) in [5, 5.41) is 20.1. The van der Waals surface area contributed by atoms with E-state index in [0.29, 0.717) is 16.9 Å². The molecule has 2 aromatic rings. The Morgan fingerprint density at radius 2 is 1.96 bits per heavy atom. The van der Waals surface area contributed by atoms with Crippen LogP contribution >= 0.6 is 0 Å². The van der Waals surface area contributed by atoms with Gasteiger partial charge in [-0.15, -0.1) is 0 Å². The number of aryl methyl sites for hydroxylation is 1. The van der Waals surface area contributed by atoms with Crippen LogP contribution < -0.4 is 15.2 Å². The topological polar surface area (TPSA) is 125 Å². The molecule has 2 rings (SSSR count). The lowest BCUT2D eigenvalue weighted by Crippen LogP contribution is -2.32. The first-order valence-electron chi connectivity index (χ1n) is 7.84. The monoisotopic (exact) mass is 360 g/mol. The molecule has 0 aliphatic rings. The van der Waals surface area contributed by atoms with Crippen LogP contribution in [0.1, 0.15) is 16.7 Å². The number of nitro groups is 1. The van der Waals surface area contributed by atoms with Crippen molar-refractivity contribution in [1.29, 1.82) is 0 Å². The Morgan fingerprint density at radius 3 is 2.58 bits per heavy atom. The molecule has 0 saturated heterocycles. The van der Waals surface area contributed by atoms with E-state index in [9.17, 15) is 14.9 Å². The fourth-order valence-electron chi connectivity index (χ4n) is 2.46. The molecule has 0 aromatic heterocycles. The van der Waals surface area contributed by atoms with Crippen LogP contribution in [0.3, 0.4) is 0 Å². The highest BCUT2D eigenvalue weighted by Crippen LogP contribution is 2.30. The normalized spacial score (nSPS) is 11.7. The average Bonchev–Trinajstić information content (AvgIpc) is 2.60. The standard InChI is InChI=1S/C18H20N2O6/c1-11-3-5-17(15(7-11)20(23)24)26-10-13-8-12(4-6-16(13)25-2)9-14(19)18(21)22/h3-8,14H,9-10,19H2,1-2H3,(H,21,22). The summed E-state index contributed by atoms with van der Waals surface area (Å²) >= 11 is 0. The van der Waals surface area contributed by atoms with Gasteiger partial charge >= 0.3 is 11.7 Å². The summed E-state index contributed by atoms with van der Waals surface area (Å²) in [4.78, 5) is 21.6. The summed E-state index contributed by atoms with van der Waals surface area (Å²) in [7, 11) is 1.50. The predicted octanol–water partition coefficient (Wildman–Crippen LogP) is 2.45. The highest BCUT2D eigenvalue weighted by Gasteiger charge is 2.17. The summed E-state index contributed by atoms with van der Waals surface area (Å²) in [5.41, 5.74) is 7.55. The molecular weight excluding hydrogens is 340 g/mol. The molecule has 0 aliphatic heterocycles. The predicted molar refractivity (Wildman–Crippen MR) is 94.5 cm³/mol. The number of ether oxygens (including phenoxy) is 2. The maximum Gasteiger partial charge on any atom is 0.320 e. The average molecular weight is 360 g/mol. The van der Waals surface area contributed by atoms with E-state index in [2.05, 4.69) is 0 Å². The smallest absolute Gasteiger partial charge is 0.320 e. The number of nitrogens with two attached hydrogens (primary N) is 1. The second kappa shape index (κ2) is 8.30. The van der Waals surface area contributed by atoms with Gasteiger partial charge < -0.3 is 20.3 Å². The molecule has 3 N–H and O–H groups in total. The number of benzene rings is 2.